The second kappa shape index (κ2) is 2.06. The molecule has 0 amide bonds. The first kappa shape index (κ1) is 6.17. The molecule has 0 unspecified atom stereocenters. The van der Waals surface area contributed by atoms with E-state index in [0.29, 0.717) is 6.04 Å². The Morgan fingerprint density at radius 2 is 2.33 bits per heavy atom. The molecule has 0 aromatic carbocycles. The van der Waals surface area contributed by atoms with Gasteiger partial charge in [0, 0.05) is 12.2 Å². The molecule has 0 radical (unpaired) electrons. The number of rotatable bonds is 1. The summed E-state index contributed by atoms with van der Waals surface area (Å²) in [4.78, 5) is 8.35. The molecule has 60 valence electrons. The monoisotopic (exact) mass is 159 g/mol. The highest BCUT2D eigenvalue weighted by Crippen LogP contribution is 2.37. The lowest BCUT2D eigenvalue weighted by molar-refractivity contribution is 0.722. The fourth-order valence-electron chi connectivity index (χ4n) is 1.54. The van der Waals surface area contributed by atoms with Gasteiger partial charge in [-0.15, -0.1) is 0 Å². The summed E-state index contributed by atoms with van der Waals surface area (Å²) in [5, 5.41) is 0. The van der Waals surface area contributed by atoms with Crippen LogP contribution in [0.1, 0.15) is 18.9 Å². The van der Waals surface area contributed by atoms with Crippen LogP contribution >= 0.6 is 0 Å². The highest BCUT2D eigenvalue weighted by molar-refractivity contribution is 5.55. The maximum absolute atomic E-state index is 4.21. The van der Waals surface area contributed by atoms with Crippen LogP contribution in [0.5, 0.6) is 0 Å². The van der Waals surface area contributed by atoms with Gasteiger partial charge in [-0.2, -0.15) is 0 Å². The van der Waals surface area contributed by atoms with Gasteiger partial charge >= 0.3 is 0 Å². The zero-order valence-corrected chi connectivity index (χ0v) is 6.64. The summed E-state index contributed by atoms with van der Waals surface area (Å²) in [7, 11) is 0. The minimum atomic E-state index is 0.686. The van der Waals surface area contributed by atoms with Crippen molar-refractivity contribution in [1.29, 1.82) is 0 Å². The minimum absolute atomic E-state index is 0.686. The summed E-state index contributed by atoms with van der Waals surface area (Å²) in [5.74, 6) is 0. The predicted molar refractivity (Wildman–Crippen MR) is 44.9 cm³/mol. The van der Waals surface area contributed by atoms with Crippen molar-refractivity contribution in [1.82, 2.24) is 14.5 Å². The third-order valence-electron chi connectivity index (χ3n) is 2.31. The van der Waals surface area contributed by atoms with Crippen LogP contribution in [0, 0.1) is 0 Å². The first-order valence-corrected chi connectivity index (χ1v) is 4.22. The van der Waals surface area contributed by atoms with Gasteiger partial charge in [0.2, 0.25) is 0 Å². The Hall–Kier alpha value is -1.38. The average molecular weight is 159 g/mol. The number of nitrogens with zero attached hydrogens (tertiary/aromatic N) is 3. The number of hydrogen-bond acceptors (Lipinski definition) is 2. The first-order valence-electron chi connectivity index (χ1n) is 4.22. The van der Waals surface area contributed by atoms with Crippen molar-refractivity contribution in [2.45, 2.75) is 18.9 Å². The highest BCUT2D eigenvalue weighted by Gasteiger charge is 2.25. The lowest BCUT2D eigenvalue weighted by Gasteiger charge is -2.08. The zero-order valence-electron chi connectivity index (χ0n) is 6.64. The van der Waals surface area contributed by atoms with E-state index in [4.69, 9.17) is 0 Å². The van der Waals surface area contributed by atoms with E-state index in [2.05, 4.69) is 20.6 Å². The van der Waals surface area contributed by atoms with Gasteiger partial charge in [0.15, 0.2) is 0 Å². The molecule has 0 bridgehead atoms. The van der Waals surface area contributed by atoms with E-state index >= 15 is 0 Å². The first-order chi connectivity index (χ1) is 5.95. The molecule has 0 aromatic heterocycles. The fraction of sp³-hybridized carbons (Fsp3) is 0.333. The van der Waals surface area contributed by atoms with Crippen LogP contribution in [0.4, 0.5) is 0 Å². The second-order valence-corrected chi connectivity index (χ2v) is 3.25. The molecule has 3 aliphatic rings. The SMILES string of the molecule is c1cc2n(C3CC3)cncc-2n1. The van der Waals surface area contributed by atoms with Crippen LogP contribution in [0.15, 0.2) is 24.8 Å². The highest BCUT2D eigenvalue weighted by atomic mass is 15.1. The molecule has 0 saturated heterocycles. The Labute approximate surface area is 70.4 Å². The summed E-state index contributed by atoms with van der Waals surface area (Å²) in [6.07, 6.45) is 8.13. The van der Waals surface area contributed by atoms with Crippen LogP contribution < -0.4 is 0 Å². The normalized spacial score (nSPS) is 17.0. The summed E-state index contributed by atoms with van der Waals surface area (Å²) in [6, 6.07) is 2.74. The van der Waals surface area contributed by atoms with E-state index in [0.717, 1.165) is 5.69 Å². The molecule has 0 atom stereocenters. The lowest BCUT2D eigenvalue weighted by atomic mass is 10.3. The molecule has 1 aliphatic carbocycles. The Kier molecular flexibility index (Phi) is 1.06. The van der Waals surface area contributed by atoms with E-state index in [1.165, 1.54) is 18.5 Å². The van der Waals surface area contributed by atoms with Crippen molar-refractivity contribution in [2.24, 2.45) is 0 Å². The van der Waals surface area contributed by atoms with Crippen molar-refractivity contribution in [3.8, 4) is 11.4 Å². The van der Waals surface area contributed by atoms with Crippen molar-refractivity contribution >= 4 is 0 Å². The van der Waals surface area contributed by atoms with E-state index < -0.39 is 0 Å². The van der Waals surface area contributed by atoms with Crippen molar-refractivity contribution in [3.63, 3.8) is 0 Å². The third-order valence-corrected chi connectivity index (χ3v) is 2.31. The topological polar surface area (TPSA) is 30.7 Å². The van der Waals surface area contributed by atoms with Gasteiger partial charge in [-0.05, 0) is 18.9 Å². The molecule has 1 fully saturated rings. The van der Waals surface area contributed by atoms with E-state index in [1.807, 2.05) is 18.7 Å². The van der Waals surface area contributed by atoms with E-state index in [-0.39, 0.29) is 0 Å². The molecular formula is C9H9N3. The Balaban J connectivity index is 2.24. The van der Waals surface area contributed by atoms with Gasteiger partial charge in [-0.3, -0.25) is 4.98 Å². The van der Waals surface area contributed by atoms with Gasteiger partial charge in [0.05, 0.1) is 18.2 Å². The Morgan fingerprint density at radius 3 is 3.17 bits per heavy atom. The number of hydrogen-bond donors (Lipinski definition) is 0. The van der Waals surface area contributed by atoms with Crippen molar-refractivity contribution in [3.05, 3.63) is 24.8 Å². The summed E-state index contributed by atoms with van der Waals surface area (Å²) >= 11 is 0. The molecule has 0 aromatic rings. The maximum Gasteiger partial charge on any atom is 0.105 e. The van der Waals surface area contributed by atoms with Crippen LogP contribution in [0.2, 0.25) is 0 Å². The largest absolute Gasteiger partial charge is 0.327 e. The molecule has 1 saturated carbocycles. The molecule has 2 heterocycles. The average Bonchev–Trinajstić information content (AvgIpc) is 2.82. The zero-order chi connectivity index (χ0) is 7.97. The van der Waals surface area contributed by atoms with Gasteiger partial charge in [-0.25, -0.2) is 4.98 Å². The van der Waals surface area contributed by atoms with Gasteiger partial charge in [0.1, 0.15) is 5.69 Å². The van der Waals surface area contributed by atoms with Crippen LogP contribution in [-0.2, 0) is 0 Å². The predicted octanol–water partition coefficient (Wildman–Crippen LogP) is 1.72. The summed E-state index contributed by atoms with van der Waals surface area (Å²) in [5.41, 5.74) is 2.22. The standard InChI is InChI=1S/C9H9N3/c1-2-7(1)12-6-10-5-8-9(12)3-4-11-8/h3-7H,1-2H2. The molecule has 2 aliphatic heterocycles. The summed E-state index contributed by atoms with van der Waals surface area (Å²) in [6.45, 7) is 0. The fourth-order valence-corrected chi connectivity index (χ4v) is 1.54. The molecule has 12 heavy (non-hydrogen) atoms. The molecule has 3 heteroatoms. The number of aromatic nitrogens is 3. The van der Waals surface area contributed by atoms with Crippen molar-refractivity contribution < 1.29 is 0 Å². The van der Waals surface area contributed by atoms with Crippen LogP contribution in [-0.4, -0.2) is 14.5 Å². The molecule has 3 nitrogen and oxygen atoms in total. The van der Waals surface area contributed by atoms with Crippen molar-refractivity contribution in [2.75, 3.05) is 0 Å². The van der Waals surface area contributed by atoms with Gasteiger partial charge < -0.3 is 4.57 Å². The number of fused-ring (bicyclic) bond motifs is 1. The maximum atomic E-state index is 4.21. The Bertz CT molecular complexity index is 375. The smallest absolute Gasteiger partial charge is 0.105 e. The van der Waals surface area contributed by atoms with Gasteiger partial charge in [-0.1, -0.05) is 0 Å². The van der Waals surface area contributed by atoms with E-state index in [9.17, 15) is 0 Å². The molecular weight excluding hydrogens is 150 g/mol. The van der Waals surface area contributed by atoms with Crippen LogP contribution in [0.3, 0.4) is 0 Å². The molecule has 0 spiro atoms. The molecule has 0 N–H and O–H groups in total. The Morgan fingerprint density at radius 1 is 1.42 bits per heavy atom. The minimum Gasteiger partial charge on any atom is -0.327 e. The quantitative estimate of drug-likeness (QED) is 0.634. The van der Waals surface area contributed by atoms with Crippen LogP contribution in [0.25, 0.3) is 11.4 Å². The second-order valence-electron chi connectivity index (χ2n) is 3.25. The summed E-state index contributed by atoms with van der Waals surface area (Å²) < 4.78 is 2.22. The van der Waals surface area contributed by atoms with E-state index in [1.54, 1.807) is 0 Å². The van der Waals surface area contributed by atoms with Gasteiger partial charge in [0.25, 0.3) is 0 Å². The molecule has 3 rings (SSSR count). The lowest BCUT2D eigenvalue weighted by Crippen LogP contribution is -2.00. The third kappa shape index (κ3) is 0.763.